The van der Waals surface area contributed by atoms with Crippen LogP contribution in [0.3, 0.4) is 0 Å². The third kappa shape index (κ3) is 5.18. The normalized spacial score (nSPS) is 11.9. The maximum atomic E-state index is 14.4. The topological polar surface area (TPSA) is 12.9 Å². The molecule has 1 aromatic heterocycles. The second-order valence-corrected chi connectivity index (χ2v) is 19.1. The third-order valence-electron chi connectivity index (χ3n) is 4.41. The predicted molar refractivity (Wildman–Crippen MR) is 88.7 cm³/mol. The van der Waals surface area contributed by atoms with Crippen LogP contribution in [-0.4, -0.2) is 23.4 Å². The zero-order chi connectivity index (χ0) is 15.7. The van der Waals surface area contributed by atoms with E-state index in [1.54, 1.807) is 0 Å². The van der Waals surface area contributed by atoms with Crippen molar-refractivity contribution in [3.63, 3.8) is 0 Å². The molecule has 0 aromatic carbocycles. The van der Waals surface area contributed by atoms with Crippen molar-refractivity contribution in [1.82, 2.24) is 4.98 Å². The molecule has 4 heteroatoms. The molecule has 0 aliphatic heterocycles. The predicted octanol–water partition coefficient (Wildman–Crippen LogP) is 5.42. The van der Waals surface area contributed by atoms with E-state index in [0.29, 0.717) is 3.58 Å². The van der Waals surface area contributed by atoms with Gasteiger partial charge in [-0.1, -0.05) is 0 Å². The van der Waals surface area contributed by atoms with Crippen LogP contribution >= 0.6 is 0 Å². The van der Waals surface area contributed by atoms with E-state index in [1.165, 1.54) is 12.4 Å². The summed E-state index contributed by atoms with van der Waals surface area (Å²) < 4.78 is 32.5. The van der Waals surface area contributed by atoms with Gasteiger partial charge in [-0.25, -0.2) is 0 Å². The van der Waals surface area contributed by atoms with Gasteiger partial charge in [0.15, 0.2) is 0 Å². The van der Waals surface area contributed by atoms with Gasteiger partial charge in [0, 0.05) is 0 Å². The van der Waals surface area contributed by atoms with Crippen molar-refractivity contribution in [3.05, 3.63) is 24.0 Å². The molecule has 0 radical (unpaired) electrons. The number of hydrogen-bond donors (Lipinski definition) is 0. The summed E-state index contributed by atoms with van der Waals surface area (Å²) in [6.07, 6.45) is 9.05. The van der Waals surface area contributed by atoms with Crippen molar-refractivity contribution in [2.45, 2.75) is 72.6 Å². The molecule has 0 aliphatic carbocycles. The molecule has 0 aliphatic rings. The molecule has 0 bridgehead atoms. The molecule has 0 unspecified atom stereocenters. The molecule has 1 heterocycles. The number of unbranched alkanes of at least 4 members (excludes halogenated alkanes) is 3. The Labute approximate surface area is 132 Å². The Balaban J connectivity index is 3.23. The van der Waals surface area contributed by atoms with Crippen LogP contribution in [0.15, 0.2) is 12.4 Å². The zero-order valence-corrected chi connectivity index (χ0v) is 16.6. The average molecular weight is 404 g/mol. The Morgan fingerprint density at radius 3 is 1.52 bits per heavy atom. The summed E-state index contributed by atoms with van der Waals surface area (Å²) in [6, 6.07) is 0. The van der Waals surface area contributed by atoms with Crippen molar-refractivity contribution in [1.29, 1.82) is 0 Å². The summed E-state index contributed by atoms with van der Waals surface area (Å²) in [5.74, 6) is -0.761. The quantitative estimate of drug-likeness (QED) is 0.475. The van der Waals surface area contributed by atoms with E-state index in [1.807, 2.05) is 0 Å². The fraction of sp³-hybridized carbons (Fsp3) is 0.706. The van der Waals surface area contributed by atoms with E-state index in [-0.39, 0.29) is 11.6 Å². The molecule has 0 saturated heterocycles. The van der Waals surface area contributed by atoms with Gasteiger partial charge in [0.25, 0.3) is 0 Å². The first kappa shape index (κ1) is 18.9. The van der Waals surface area contributed by atoms with Crippen molar-refractivity contribution in [2.75, 3.05) is 0 Å². The van der Waals surface area contributed by atoms with Gasteiger partial charge in [-0.05, 0) is 0 Å². The molecule has 0 saturated carbocycles. The Morgan fingerprint density at radius 1 is 0.810 bits per heavy atom. The summed E-state index contributed by atoms with van der Waals surface area (Å²) in [7, 11) is 0. The number of pyridine rings is 1. The first-order valence-electron chi connectivity index (χ1n) is 8.40. The molecule has 0 amide bonds. The Hall–Kier alpha value is -0.191. The summed E-state index contributed by atoms with van der Waals surface area (Å²) in [6.45, 7) is 6.49. The van der Waals surface area contributed by atoms with E-state index in [0.717, 1.165) is 51.8 Å². The molecule has 0 atom stereocenters. The number of hydrogen-bond acceptors (Lipinski definition) is 1. The summed E-state index contributed by atoms with van der Waals surface area (Å²) in [4.78, 5) is 3.68. The number of halogens is 2. The Kier molecular flexibility index (Phi) is 8.76. The van der Waals surface area contributed by atoms with Crippen LogP contribution in [0.25, 0.3) is 0 Å². The van der Waals surface area contributed by atoms with Crippen molar-refractivity contribution < 1.29 is 8.78 Å². The maximum absolute atomic E-state index is 14.4. The summed E-state index contributed by atoms with van der Waals surface area (Å²) in [5, 5.41) is 0. The standard InChI is InChI=1S/C5H2F2N.3C4H9.Sn/c6-4-1-5(7)3-8-2-4;3*1-3-4-2;/h2-3H;3*1,3-4H2,2H3;. The molecule has 0 spiro atoms. The average Bonchev–Trinajstić information content (AvgIpc) is 2.48. The molecule has 1 rings (SSSR count). The van der Waals surface area contributed by atoms with Gasteiger partial charge >= 0.3 is 132 Å². The minimum absolute atomic E-state index is 0.380. The Bertz CT molecular complexity index is 381. The number of nitrogens with zero attached hydrogens (tertiary/aromatic N) is 1. The minimum atomic E-state index is -3.01. The fourth-order valence-electron chi connectivity index (χ4n) is 3.21. The van der Waals surface area contributed by atoms with Gasteiger partial charge in [0.2, 0.25) is 0 Å². The van der Waals surface area contributed by atoms with E-state index in [9.17, 15) is 8.78 Å². The first-order valence-corrected chi connectivity index (χ1v) is 15.9. The van der Waals surface area contributed by atoms with Crippen molar-refractivity contribution >= 4 is 22.0 Å². The zero-order valence-electron chi connectivity index (χ0n) is 13.7. The van der Waals surface area contributed by atoms with Gasteiger partial charge in [-0.2, -0.15) is 0 Å². The van der Waals surface area contributed by atoms with Gasteiger partial charge in [-0.15, -0.1) is 0 Å². The fourth-order valence-corrected chi connectivity index (χ4v) is 19.6. The number of rotatable bonds is 10. The van der Waals surface area contributed by atoms with Crippen LogP contribution in [0.1, 0.15) is 59.3 Å². The van der Waals surface area contributed by atoms with Crippen LogP contribution in [0.5, 0.6) is 0 Å². The number of aromatic nitrogens is 1. The molecule has 120 valence electrons. The Morgan fingerprint density at radius 2 is 1.19 bits per heavy atom. The molecule has 1 nitrogen and oxygen atoms in total. The van der Waals surface area contributed by atoms with Gasteiger partial charge in [0.05, 0.1) is 0 Å². The molecule has 1 aromatic rings. The van der Waals surface area contributed by atoms with E-state index < -0.39 is 18.4 Å². The van der Waals surface area contributed by atoms with E-state index >= 15 is 0 Å². The second-order valence-electron chi connectivity index (χ2n) is 6.07. The van der Waals surface area contributed by atoms with Crippen LogP contribution in [0.4, 0.5) is 8.78 Å². The summed E-state index contributed by atoms with van der Waals surface area (Å²) >= 11 is -3.01. The molecule has 0 N–H and O–H groups in total. The van der Waals surface area contributed by atoms with Crippen LogP contribution in [0, 0.1) is 11.6 Å². The van der Waals surface area contributed by atoms with Crippen molar-refractivity contribution in [2.24, 2.45) is 0 Å². The van der Waals surface area contributed by atoms with E-state index in [4.69, 9.17) is 0 Å². The van der Waals surface area contributed by atoms with Crippen LogP contribution in [0.2, 0.25) is 13.3 Å². The first-order chi connectivity index (χ1) is 10.1. The molecular weight excluding hydrogens is 375 g/mol. The molecule has 0 fully saturated rings. The third-order valence-corrected chi connectivity index (χ3v) is 20.0. The molecular formula is C17H29F2NSn. The van der Waals surface area contributed by atoms with Gasteiger partial charge in [-0.3, -0.25) is 0 Å². The van der Waals surface area contributed by atoms with Crippen LogP contribution in [-0.2, 0) is 0 Å². The summed E-state index contributed by atoms with van der Waals surface area (Å²) in [5.41, 5.74) is 0. The molecule has 21 heavy (non-hydrogen) atoms. The monoisotopic (exact) mass is 405 g/mol. The second kappa shape index (κ2) is 9.75. The van der Waals surface area contributed by atoms with Gasteiger partial charge in [0.1, 0.15) is 0 Å². The van der Waals surface area contributed by atoms with E-state index in [2.05, 4.69) is 25.8 Å². The van der Waals surface area contributed by atoms with Gasteiger partial charge < -0.3 is 0 Å². The van der Waals surface area contributed by atoms with Crippen LogP contribution < -0.4 is 3.58 Å². The van der Waals surface area contributed by atoms with Crippen molar-refractivity contribution in [3.8, 4) is 0 Å². The SMILES string of the molecule is CCC[CH2][Sn]([CH2]CCC)([CH2]CCC)[c]1c(F)cncc1F.